The highest BCUT2D eigenvalue weighted by molar-refractivity contribution is 6.01. The van der Waals surface area contributed by atoms with Crippen LogP contribution in [0.25, 0.3) is 10.9 Å². The standard InChI is InChI=1S/C22H27FN4O2/c1-15(2)13-27-14-16-11-21(29-18-7-5-17(23)6-8-18)19(12-20(16)25-27)22(28)24-9-10-26(3)4/h5-8,11-12,14-15H,9-10,13H2,1-4H3,(H,24,28). The van der Waals surface area contributed by atoms with Crippen LogP contribution in [-0.2, 0) is 6.54 Å². The molecule has 29 heavy (non-hydrogen) atoms. The first kappa shape index (κ1) is 20.8. The van der Waals surface area contributed by atoms with Crippen molar-refractivity contribution in [2.75, 3.05) is 27.2 Å². The largest absolute Gasteiger partial charge is 0.457 e. The zero-order valence-electron chi connectivity index (χ0n) is 17.3. The third-order valence-electron chi connectivity index (χ3n) is 4.34. The van der Waals surface area contributed by atoms with E-state index in [1.165, 1.54) is 24.3 Å². The number of benzene rings is 2. The molecule has 1 N–H and O–H groups in total. The van der Waals surface area contributed by atoms with Crippen LogP contribution in [0.4, 0.5) is 4.39 Å². The summed E-state index contributed by atoms with van der Waals surface area (Å²) in [6.45, 7) is 6.28. The van der Waals surface area contributed by atoms with Crippen LogP contribution in [0, 0.1) is 11.7 Å². The Labute approximate surface area is 170 Å². The molecule has 1 amide bonds. The molecule has 0 spiro atoms. The van der Waals surface area contributed by atoms with Crippen molar-refractivity contribution in [1.29, 1.82) is 0 Å². The maximum Gasteiger partial charge on any atom is 0.255 e. The molecule has 6 nitrogen and oxygen atoms in total. The minimum absolute atomic E-state index is 0.232. The number of nitrogens with one attached hydrogen (secondary N) is 1. The molecule has 154 valence electrons. The SMILES string of the molecule is CC(C)Cn1cc2cc(Oc3ccc(F)cc3)c(C(=O)NCCN(C)C)cc2n1. The van der Waals surface area contributed by atoms with Gasteiger partial charge in [-0.05, 0) is 56.4 Å². The zero-order chi connectivity index (χ0) is 21.0. The van der Waals surface area contributed by atoms with Gasteiger partial charge in [0, 0.05) is 31.2 Å². The molecule has 0 unspecified atom stereocenters. The number of carbonyl (C=O) groups excluding carboxylic acids is 1. The van der Waals surface area contributed by atoms with Gasteiger partial charge in [0.05, 0.1) is 11.1 Å². The lowest BCUT2D eigenvalue weighted by atomic mass is 10.1. The fourth-order valence-corrected chi connectivity index (χ4v) is 2.95. The van der Waals surface area contributed by atoms with E-state index >= 15 is 0 Å². The lowest BCUT2D eigenvalue weighted by Gasteiger charge is -2.13. The van der Waals surface area contributed by atoms with Crippen LogP contribution >= 0.6 is 0 Å². The quantitative estimate of drug-likeness (QED) is 0.625. The smallest absolute Gasteiger partial charge is 0.255 e. The number of hydrogen-bond donors (Lipinski definition) is 1. The van der Waals surface area contributed by atoms with Crippen LogP contribution in [-0.4, -0.2) is 47.8 Å². The highest BCUT2D eigenvalue weighted by Crippen LogP contribution is 2.30. The summed E-state index contributed by atoms with van der Waals surface area (Å²) in [5, 5.41) is 8.38. The molecule has 0 radical (unpaired) electrons. The Morgan fingerprint density at radius 1 is 1.24 bits per heavy atom. The van der Waals surface area contributed by atoms with Crippen LogP contribution in [0.1, 0.15) is 24.2 Å². The molecule has 3 aromatic rings. The van der Waals surface area contributed by atoms with Gasteiger partial charge in [0.25, 0.3) is 5.91 Å². The average molecular weight is 398 g/mol. The van der Waals surface area contributed by atoms with Gasteiger partial charge in [-0.2, -0.15) is 5.10 Å². The molecule has 2 aromatic carbocycles. The summed E-state index contributed by atoms with van der Waals surface area (Å²) in [6.07, 6.45) is 1.95. The predicted molar refractivity (Wildman–Crippen MR) is 112 cm³/mol. The zero-order valence-corrected chi connectivity index (χ0v) is 17.3. The molecule has 0 aliphatic heterocycles. The summed E-state index contributed by atoms with van der Waals surface area (Å²) < 4.78 is 21.0. The van der Waals surface area contributed by atoms with Crippen molar-refractivity contribution in [2.24, 2.45) is 5.92 Å². The van der Waals surface area contributed by atoms with Crippen LogP contribution in [0.3, 0.4) is 0 Å². The lowest BCUT2D eigenvalue weighted by Crippen LogP contribution is -2.31. The van der Waals surface area contributed by atoms with E-state index in [1.54, 1.807) is 6.07 Å². The Hall–Kier alpha value is -2.93. The highest BCUT2D eigenvalue weighted by Gasteiger charge is 2.17. The number of aromatic nitrogens is 2. The summed E-state index contributed by atoms with van der Waals surface area (Å²) in [7, 11) is 3.89. The van der Waals surface area contributed by atoms with Gasteiger partial charge in [-0.15, -0.1) is 0 Å². The van der Waals surface area contributed by atoms with Crippen LogP contribution in [0.15, 0.2) is 42.6 Å². The van der Waals surface area contributed by atoms with Crippen molar-refractivity contribution in [3.63, 3.8) is 0 Å². The number of amides is 1. The third kappa shape index (κ3) is 5.54. The van der Waals surface area contributed by atoms with E-state index in [4.69, 9.17) is 4.74 Å². The third-order valence-corrected chi connectivity index (χ3v) is 4.34. The minimum atomic E-state index is -0.343. The Bertz CT molecular complexity index is 980. The summed E-state index contributed by atoms with van der Waals surface area (Å²) in [5.41, 5.74) is 1.13. The average Bonchev–Trinajstić information content (AvgIpc) is 3.02. The summed E-state index contributed by atoms with van der Waals surface area (Å²) in [5.74, 6) is 0.750. The second-order valence-corrected chi connectivity index (χ2v) is 7.77. The molecule has 0 bridgehead atoms. The fraction of sp³-hybridized carbons (Fsp3) is 0.364. The highest BCUT2D eigenvalue weighted by atomic mass is 19.1. The van der Waals surface area contributed by atoms with Crippen molar-refractivity contribution >= 4 is 16.8 Å². The molecule has 1 heterocycles. The first-order valence-corrected chi connectivity index (χ1v) is 9.69. The van der Waals surface area contributed by atoms with Crippen molar-refractivity contribution < 1.29 is 13.9 Å². The van der Waals surface area contributed by atoms with Crippen LogP contribution in [0.2, 0.25) is 0 Å². The summed E-state index contributed by atoms with van der Waals surface area (Å²) >= 11 is 0. The maximum absolute atomic E-state index is 13.2. The Morgan fingerprint density at radius 3 is 2.62 bits per heavy atom. The van der Waals surface area contributed by atoms with Gasteiger partial charge in [0.15, 0.2) is 0 Å². The molecule has 0 aliphatic rings. The Balaban J connectivity index is 1.94. The molecule has 0 saturated carbocycles. The monoisotopic (exact) mass is 398 g/mol. The summed E-state index contributed by atoms with van der Waals surface area (Å²) in [6, 6.07) is 9.28. The van der Waals surface area contributed by atoms with Crippen LogP contribution < -0.4 is 10.1 Å². The molecular weight excluding hydrogens is 371 g/mol. The fourth-order valence-electron chi connectivity index (χ4n) is 2.95. The second kappa shape index (κ2) is 9.05. The number of likely N-dealkylation sites (N-methyl/N-ethyl adjacent to an activating group) is 1. The van der Waals surface area contributed by atoms with Gasteiger partial charge in [0.2, 0.25) is 0 Å². The Kier molecular flexibility index (Phi) is 6.49. The van der Waals surface area contributed by atoms with Crippen molar-refractivity contribution in [3.05, 3.63) is 54.0 Å². The van der Waals surface area contributed by atoms with E-state index in [0.717, 1.165) is 24.0 Å². The van der Waals surface area contributed by atoms with Gasteiger partial charge < -0.3 is 15.0 Å². The van der Waals surface area contributed by atoms with Gasteiger partial charge >= 0.3 is 0 Å². The first-order valence-electron chi connectivity index (χ1n) is 9.69. The molecule has 7 heteroatoms. The van der Waals surface area contributed by atoms with Crippen molar-refractivity contribution in [1.82, 2.24) is 20.0 Å². The Morgan fingerprint density at radius 2 is 1.97 bits per heavy atom. The molecule has 3 rings (SSSR count). The number of rotatable bonds is 8. The first-order chi connectivity index (χ1) is 13.8. The topological polar surface area (TPSA) is 59.4 Å². The number of nitrogens with zero attached hydrogens (tertiary/aromatic N) is 3. The van der Waals surface area contributed by atoms with Crippen molar-refractivity contribution in [2.45, 2.75) is 20.4 Å². The van der Waals surface area contributed by atoms with E-state index in [1.807, 2.05) is 35.9 Å². The van der Waals surface area contributed by atoms with Gasteiger partial charge in [-0.1, -0.05) is 13.8 Å². The van der Waals surface area contributed by atoms with E-state index in [9.17, 15) is 9.18 Å². The van der Waals surface area contributed by atoms with Gasteiger partial charge in [-0.3, -0.25) is 9.48 Å². The van der Waals surface area contributed by atoms with Crippen molar-refractivity contribution in [3.8, 4) is 11.5 Å². The molecule has 0 fully saturated rings. The molecule has 1 aromatic heterocycles. The minimum Gasteiger partial charge on any atom is -0.457 e. The number of halogens is 1. The molecule has 0 aliphatic carbocycles. The molecule has 0 atom stereocenters. The van der Waals surface area contributed by atoms with Gasteiger partial charge in [0.1, 0.15) is 17.3 Å². The predicted octanol–water partition coefficient (Wildman–Crippen LogP) is 3.92. The lowest BCUT2D eigenvalue weighted by molar-refractivity contribution is 0.0949. The van der Waals surface area contributed by atoms with E-state index in [2.05, 4.69) is 24.3 Å². The van der Waals surface area contributed by atoms with Gasteiger partial charge in [-0.25, -0.2) is 4.39 Å². The number of fused-ring (bicyclic) bond motifs is 1. The molecular formula is C22H27FN4O2. The number of hydrogen-bond acceptors (Lipinski definition) is 4. The number of ether oxygens (including phenoxy) is 1. The molecule has 0 saturated heterocycles. The summed E-state index contributed by atoms with van der Waals surface area (Å²) in [4.78, 5) is 14.8. The van der Waals surface area contributed by atoms with Crippen LogP contribution in [0.5, 0.6) is 11.5 Å². The normalized spacial score (nSPS) is 11.4. The van der Waals surface area contributed by atoms with E-state index in [-0.39, 0.29) is 11.7 Å². The maximum atomic E-state index is 13.2. The van der Waals surface area contributed by atoms with E-state index in [0.29, 0.717) is 29.5 Å². The number of carbonyl (C=O) groups is 1. The second-order valence-electron chi connectivity index (χ2n) is 7.77. The van der Waals surface area contributed by atoms with E-state index < -0.39 is 0 Å².